The van der Waals surface area contributed by atoms with Crippen molar-refractivity contribution in [2.75, 3.05) is 0 Å². The number of hydroxylamine groups is 1. The van der Waals surface area contributed by atoms with E-state index in [0.29, 0.717) is 5.92 Å². The van der Waals surface area contributed by atoms with Crippen LogP contribution in [0.1, 0.15) is 34.7 Å². The summed E-state index contributed by atoms with van der Waals surface area (Å²) >= 11 is 1.69. The Kier molecular flexibility index (Phi) is 4.17. The van der Waals surface area contributed by atoms with Gasteiger partial charge in [0, 0.05) is 11.8 Å². The second-order valence-corrected chi connectivity index (χ2v) is 6.04. The number of fused-ring (bicyclic) bond motifs is 1. The molecule has 2 heterocycles. The van der Waals surface area contributed by atoms with Gasteiger partial charge in [-0.15, -0.1) is 5.10 Å². The van der Waals surface area contributed by atoms with Crippen LogP contribution in [0.3, 0.4) is 0 Å². The molecule has 0 saturated heterocycles. The number of guanidine groups is 1. The quantitative estimate of drug-likeness (QED) is 0.449. The maximum Gasteiger partial charge on any atom is 0.237 e. The number of thiophene rings is 1. The monoisotopic (exact) mass is 315 g/mol. The molecule has 2 aromatic heterocycles. The van der Waals surface area contributed by atoms with Crippen LogP contribution in [0.5, 0.6) is 0 Å². The third kappa shape index (κ3) is 2.86. The van der Waals surface area contributed by atoms with E-state index in [-0.39, 0.29) is 5.96 Å². The van der Waals surface area contributed by atoms with Gasteiger partial charge in [0.05, 0.1) is 11.4 Å². The van der Waals surface area contributed by atoms with E-state index >= 15 is 0 Å². The number of aryl methyl sites for hydroxylation is 1. The summed E-state index contributed by atoms with van der Waals surface area (Å²) in [5.74, 6) is 0.207. The molecule has 1 unspecified atom stereocenters. The predicted molar refractivity (Wildman–Crippen MR) is 87.4 cm³/mol. The van der Waals surface area contributed by atoms with Gasteiger partial charge < -0.3 is 5.73 Å². The van der Waals surface area contributed by atoms with E-state index in [1.54, 1.807) is 16.8 Å². The van der Waals surface area contributed by atoms with Crippen LogP contribution in [-0.2, 0) is 6.42 Å². The molecule has 3 rings (SSSR count). The van der Waals surface area contributed by atoms with Crippen molar-refractivity contribution in [3.8, 4) is 0 Å². The molecule has 0 aliphatic heterocycles. The van der Waals surface area contributed by atoms with Crippen molar-refractivity contribution < 1.29 is 5.21 Å². The molecule has 2 aromatic rings. The normalized spacial score (nSPS) is 20.0. The highest BCUT2D eigenvalue weighted by Crippen LogP contribution is 2.34. The van der Waals surface area contributed by atoms with Crippen molar-refractivity contribution in [3.63, 3.8) is 0 Å². The van der Waals surface area contributed by atoms with E-state index < -0.39 is 0 Å². The molecule has 1 atom stereocenters. The zero-order valence-electron chi connectivity index (χ0n) is 12.2. The maximum absolute atomic E-state index is 8.73. The Labute approximate surface area is 132 Å². The van der Waals surface area contributed by atoms with Gasteiger partial charge in [-0.25, -0.2) is 5.48 Å². The number of hydrogen-bond acceptors (Lipinski definition) is 5. The third-order valence-corrected chi connectivity index (χ3v) is 4.51. The summed E-state index contributed by atoms with van der Waals surface area (Å²) < 4.78 is 0. The first-order chi connectivity index (χ1) is 10.7. The van der Waals surface area contributed by atoms with Gasteiger partial charge in [-0.3, -0.25) is 10.2 Å². The molecule has 0 spiro atoms. The average Bonchev–Trinajstić information content (AvgIpc) is 3.06. The van der Waals surface area contributed by atoms with Crippen LogP contribution >= 0.6 is 11.3 Å². The molecular weight excluding hydrogens is 298 g/mol. The second kappa shape index (κ2) is 6.25. The molecule has 114 valence electrons. The molecule has 0 amide bonds. The molecule has 1 aliphatic carbocycles. The minimum atomic E-state index is -0.131. The van der Waals surface area contributed by atoms with E-state index in [2.05, 4.69) is 32.0 Å². The van der Waals surface area contributed by atoms with Gasteiger partial charge in [-0.2, -0.15) is 16.4 Å². The van der Waals surface area contributed by atoms with Crippen LogP contribution in [0.2, 0.25) is 0 Å². The fourth-order valence-electron chi connectivity index (χ4n) is 2.77. The number of rotatable bonds is 2. The van der Waals surface area contributed by atoms with Crippen molar-refractivity contribution in [1.82, 2.24) is 10.5 Å². The Balaban J connectivity index is 2.04. The lowest BCUT2D eigenvalue weighted by Gasteiger charge is -2.25. The van der Waals surface area contributed by atoms with Gasteiger partial charge in [0.15, 0.2) is 0 Å². The van der Waals surface area contributed by atoms with Crippen molar-refractivity contribution in [2.45, 2.75) is 25.7 Å². The smallest absolute Gasteiger partial charge is 0.237 e. The SMILES string of the molecule is Cc1ccnc2c1/C(=N\N=C(N)NO)CC(c1ccsc1)C2. The van der Waals surface area contributed by atoms with E-state index in [0.717, 1.165) is 35.4 Å². The number of aromatic nitrogens is 1. The van der Waals surface area contributed by atoms with E-state index in [9.17, 15) is 0 Å². The highest BCUT2D eigenvalue weighted by atomic mass is 32.1. The first-order valence-electron chi connectivity index (χ1n) is 6.96. The Morgan fingerprint density at radius 1 is 1.45 bits per heavy atom. The topological polar surface area (TPSA) is 95.9 Å². The molecule has 1 aliphatic rings. The zero-order chi connectivity index (χ0) is 15.5. The molecule has 0 fully saturated rings. The van der Waals surface area contributed by atoms with E-state index in [1.807, 2.05) is 19.2 Å². The second-order valence-electron chi connectivity index (χ2n) is 5.26. The molecule has 0 saturated carbocycles. The Morgan fingerprint density at radius 3 is 3.05 bits per heavy atom. The molecule has 0 radical (unpaired) electrons. The maximum atomic E-state index is 8.73. The summed E-state index contributed by atoms with van der Waals surface area (Å²) in [7, 11) is 0. The lowest BCUT2D eigenvalue weighted by atomic mass is 9.81. The molecular formula is C15H17N5OS. The fraction of sp³-hybridized carbons (Fsp3) is 0.267. The highest BCUT2D eigenvalue weighted by Gasteiger charge is 2.27. The number of pyridine rings is 1. The first kappa shape index (κ1) is 14.7. The van der Waals surface area contributed by atoms with Crippen LogP contribution in [0.4, 0.5) is 0 Å². The Hall–Kier alpha value is -2.25. The number of nitrogens with zero attached hydrogens (tertiary/aromatic N) is 3. The number of nitrogens with two attached hydrogens (primary N) is 1. The van der Waals surface area contributed by atoms with Crippen LogP contribution < -0.4 is 11.2 Å². The summed E-state index contributed by atoms with van der Waals surface area (Å²) in [4.78, 5) is 4.52. The van der Waals surface area contributed by atoms with Gasteiger partial charge >= 0.3 is 0 Å². The van der Waals surface area contributed by atoms with Gasteiger partial charge in [-0.05, 0) is 59.7 Å². The molecule has 4 N–H and O–H groups in total. The lowest BCUT2D eigenvalue weighted by molar-refractivity contribution is 0.232. The first-order valence-corrected chi connectivity index (χ1v) is 7.90. The predicted octanol–water partition coefficient (Wildman–Crippen LogP) is 2.18. The minimum absolute atomic E-state index is 0.131. The third-order valence-electron chi connectivity index (χ3n) is 3.81. The lowest BCUT2D eigenvalue weighted by Crippen LogP contribution is -2.28. The zero-order valence-corrected chi connectivity index (χ0v) is 13.0. The van der Waals surface area contributed by atoms with Crippen molar-refractivity contribution in [2.24, 2.45) is 15.9 Å². The largest absolute Gasteiger partial charge is 0.367 e. The standard InChI is InChI=1S/C15H17N5OS/c1-9-2-4-17-12-6-11(10-3-5-22-8-10)7-13(14(9)12)18-19-15(16)20-21/h2-5,8,11,21H,6-7H2,1H3,(H3,16,19,20)/b18-13-. The van der Waals surface area contributed by atoms with Crippen molar-refractivity contribution >= 4 is 23.0 Å². The average molecular weight is 315 g/mol. The van der Waals surface area contributed by atoms with Crippen LogP contribution in [0.15, 0.2) is 39.3 Å². The van der Waals surface area contributed by atoms with Gasteiger partial charge in [0.25, 0.3) is 0 Å². The molecule has 0 aromatic carbocycles. The molecule has 6 nitrogen and oxygen atoms in total. The highest BCUT2D eigenvalue weighted by molar-refractivity contribution is 7.08. The van der Waals surface area contributed by atoms with Crippen LogP contribution in [0.25, 0.3) is 0 Å². The summed E-state index contributed by atoms with van der Waals surface area (Å²) in [5, 5.41) is 21.0. The van der Waals surface area contributed by atoms with E-state index in [4.69, 9.17) is 10.9 Å². The Bertz CT molecular complexity index is 724. The molecule has 0 bridgehead atoms. The summed E-state index contributed by atoms with van der Waals surface area (Å²) in [6.45, 7) is 2.04. The summed E-state index contributed by atoms with van der Waals surface area (Å²) in [5.41, 5.74) is 12.6. The van der Waals surface area contributed by atoms with Crippen LogP contribution in [-0.4, -0.2) is 21.9 Å². The Morgan fingerprint density at radius 2 is 2.32 bits per heavy atom. The molecule has 22 heavy (non-hydrogen) atoms. The summed E-state index contributed by atoms with van der Waals surface area (Å²) in [6.07, 6.45) is 3.50. The van der Waals surface area contributed by atoms with Gasteiger partial charge in [-0.1, -0.05) is 0 Å². The minimum Gasteiger partial charge on any atom is -0.367 e. The van der Waals surface area contributed by atoms with Crippen molar-refractivity contribution in [3.05, 3.63) is 51.5 Å². The fourth-order valence-corrected chi connectivity index (χ4v) is 3.52. The number of hydrogen-bond donors (Lipinski definition) is 3. The van der Waals surface area contributed by atoms with Crippen LogP contribution in [0, 0.1) is 6.92 Å². The van der Waals surface area contributed by atoms with E-state index in [1.165, 1.54) is 5.56 Å². The number of nitrogens with one attached hydrogen (secondary N) is 1. The van der Waals surface area contributed by atoms with Crippen molar-refractivity contribution in [1.29, 1.82) is 0 Å². The van der Waals surface area contributed by atoms with Gasteiger partial charge in [0.1, 0.15) is 0 Å². The van der Waals surface area contributed by atoms with Gasteiger partial charge in [0.2, 0.25) is 5.96 Å². The summed E-state index contributed by atoms with van der Waals surface area (Å²) in [6, 6.07) is 4.11. The molecule has 7 heteroatoms.